The zero-order chi connectivity index (χ0) is 21.1. The zero-order valence-electron chi connectivity index (χ0n) is 16.2. The number of rotatable bonds is 7. The maximum Gasteiger partial charge on any atom is 0.241 e. The van der Waals surface area contributed by atoms with E-state index in [1.807, 2.05) is 19.1 Å². The number of amides is 1. The van der Waals surface area contributed by atoms with Crippen molar-refractivity contribution in [1.82, 2.24) is 9.97 Å². The molecule has 1 amide bonds. The number of halogens is 1. The second kappa shape index (κ2) is 8.83. The van der Waals surface area contributed by atoms with Crippen molar-refractivity contribution in [3.63, 3.8) is 0 Å². The van der Waals surface area contributed by atoms with Gasteiger partial charge in [-0.15, -0.1) is 11.3 Å². The summed E-state index contributed by atoms with van der Waals surface area (Å²) < 4.78 is 6.35. The number of pyridine rings is 2. The van der Waals surface area contributed by atoms with Crippen LogP contribution in [0.5, 0.6) is 0 Å². The molecule has 30 heavy (non-hydrogen) atoms. The van der Waals surface area contributed by atoms with Gasteiger partial charge >= 0.3 is 0 Å². The highest BCUT2D eigenvalue weighted by molar-refractivity contribution is 7.19. The summed E-state index contributed by atoms with van der Waals surface area (Å²) in [7, 11) is 0. The molecular weight excluding hydrogens is 422 g/mol. The SMILES string of the molecule is Cc1c(CC(N)C(=O)Nc2ccncc2)sc2c(NCc3ccco3)cc(Cl)nc12. The lowest BCUT2D eigenvalue weighted by Gasteiger charge is -2.11. The second-order valence-corrected chi connectivity index (χ2v) is 8.28. The second-order valence-electron chi connectivity index (χ2n) is 6.79. The lowest BCUT2D eigenvalue weighted by Crippen LogP contribution is -2.37. The first kappa shape index (κ1) is 20.3. The summed E-state index contributed by atoms with van der Waals surface area (Å²) in [5.41, 5.74) is 9.51. The Morgan fingerprint density at radius 1 is 1.33 bits per heavy atom. The fourth-order valence-corrected chi connectivity index (χ4v) is 4.56. The van der Waals surface area contributed by atoms with Crippen molar-refractivity contribution in [3.8, 4) is 0 Å². The molecule has 4 N–H and O–H groups in total. The van der Waals surface area contributed by atoms with Crippen molar-refractivity contribution in [2.45, 2.75) is 25.9 Å². The molecule has 154 valence electrons. The van der Waals surface area contributed by atoms with Gasteiger partial charge in [0.2, 0.25) is 5.91 Å². The molecule has 1 atom stereocenters. The van der Waals surface area contributed by atoms with Gasteiger partial charge in [0.15, 0.2) is 0 Å². The lowest BCUT2D eigenvalue weighted by atomic mass is 10.1. The Kier molecular flexibility index (Phi) is 5.98. The van der Waals surface area contributed by atoms with Gasteiger partial charge < -0.3 is 20.8 Å². The summed E-state index contributed by atoms with van der Waals surface area (Å²) in [6.07, 6.45) is 5.27. The summed E-state index contributed by atoms with van der Waals surface area (Å²) >= 11 is 7.81. The maximum atomic E-state index is 12.5. The standard InChI is InChI=1S/C21H20ClN5O2S/c1-12-17(9-15(23)21(28)26-13-4-6-24-7-5-13)30-20-16(10-18(22)27-19(12)20)25-11-14-3-2-8-29-14/h2-8,10,15H,9,11,23H2,1H3,(H,25,27)(H,24,26,28). The van der Waals surface area contributed by atoms with Crippen LogP contribution in [-0.4, -0.2) is 21.9 Å². The monoisotopic (exact) mass is 441 g/mol. The number of hydrogen-bond acceptors (Lipinski definition) is 7. The van der Waals surface area contributed by atoms with E-state index in [1.165, 1.54) is 0 Å². The molecule has 0 radical (unpaired) electrons. The van der Waals surface area contributed by atoms with E-state index in [0.717, 1.165) is 32.1 Å². The number of furan rings is 1. The normalized spacial score (nSPS) is 12.1. The molecule has 4 aromatic rings. The van der Waals surface area contributed by atoms with Gasteiger partial charge in [0.1, 0.15) is 10.9 Å². The highest BCUT2D eigenvalue weighted by Crippen LogP contribution is 2.37. The molecule has 0 saturated carbocycles. The Bertz CT molecular complexity index is 1160. The van der Waals surface area contributed by atoms with Crippen LogP contribution in [0.1, 0.15) is 16.2 Å². The van der Waals surface area contributed by atoms with Crippen molar-refractivity contribution >= 4 is 50.4 Å². The maximum absolute atomic E-state index is 12.5. The van der Waals surface area contributed by atoms with Gasteiger partial charge in [0.05, 0.1) is 34.8 Å². The van der Waals surface area contributed by atoms with Crippen LogP contribution in [-0.2, 0) is 17.8 Å². The van der Waals surface area contributed by atoms with E-state index in [2.05, 4.69) is 20.6 Å². The molecule has 0 fully saturated rings. The third-order valence-electron chi connectivity index (χ3n) is 4.66. The van der Waals surface area contributed by atoms with Gasteiger partial charge in [-0.25, -0.2) is 4.98 Å². The summed E-state index contributed by atoms with van der Waals surface area (Å²) in [6, 6.07) is 8.29. The average Bonchev–Trinajstić information content (AvgIpc) is 3.36. The molecule has 9 heteroatoms. The van der Waals surface area contributed by atoms with Crippen molar-refractivity contribution in [2.75, 3.05) is 10.6 Å². The van der Waals surface area contributed by atoms with Crippen LogP contribution >= 0.6 is 22.9 Å². The van der Waals surface area contributed by atoms with E-state index < -0.39 is 6.04 Å². The van der Waals surface area contributed by atoms with Gasteiger partial charge in [-0.1, -0.05) is 11.6 Å². The summed E-state index contributed by atoms with van der Waals surface area (Å²) in [6.45, 7) is 2.50. The molecule has 4 rings (SSSR count). The largest absolute Gasteiger partial charge is 0.467 e. The van der Waals surface area contributed by atoms with Gasteiger partial charge in [0.25, 0.3) is 0 Å². The van der Waals surface area contributed by atoms with E-state index in [-0.39, 0.29) is 5.91 Å². The van der Waals surface area contributed by atoms with E-state index >= 15 is 0 Å². The molecule has 0 saturated heterocycles. The van der Waals surface area contributed by atoms with E-state index in [1.54, 1.807) is 48.2 Å². The molecule has 0 aliphatic rings. The number of nitrogens with zero attached hydrogens (tertiary/aromatic N) is 2. The molecule has 1 unspecified atom stereocenters. The van der Waals surface area contributed by atoms with Crippen LogP contribution in [0.25, 0.3) is 10.2 Å². The zero-order valence-corrected chi connectivity index (χ0v) is 17.8. The predicted molar refractivity (Wildman–Crippen MR) is 120 cm³/mol. The molecule has 0 aliphatic carbocycles. The van der Waals surface area contributed by atoms with Crippen LogP contribution in [0, 0.1) is 6.92 Å². The topological polar surface area (TPSA) is 106 Å². The first-order chi connectivity index (χ1) is 14.5. The third kappa shape index (κ3) is 4.46. The van der Waals surface area contributed by atoms with Gasteiger partial charge in [-0.05, 0) is 36.8 Å². The minimum Gasteiger partial charge on any atom is -0.467 e. The minimum atomic E-state index is -0.695. The number of thiophene rings is 1. The fourth-order valence-electron chi connectivity index (χ4n) is 3.08. The van der Waals surface area contributed by atoms with E-state index in [9.17, 15) is 4.79 Å². The number of aryl methyl sites for hydroxylation is 1. The molecular formula is C21H20ClN5O2S. The van der Waals surface area contributed by atoms with Crippen molar-refractivity contribution < 1.29 is 9.21 Å². The third-order valence-corrected chi connectivity index (χ3v) is 6.19. The van der Waals surface area contributed by atoms with Crippen LogP contribution in [0.2, 0.25) is 5.15 Å². The number of fused-ring (bicyclic) bond motifs is 1. The van der Waals surface area contributed by atoms with Gasteiger partial charge in [-0.3, -0.25) is 9.78 Å². The van der Waals surface area contributed by atoms with Crippen molar-refractivity contribution in [2.24, 2.45) is 5.73 Å². The molecule has 0 spiro atoms. The fraction of sp³-hybridized carbons (Fsp3) is 0.190. The summed E-state index contributed by atoms with van der Waals surface area (Å²) in [5, 5.41) is 6.57. The van der Waals surface area contributed by atoms with E-state index in [4.69, 9.17) is 21.8 Å². The average molecular weight is 442 g/mol. The molecule has 4 aromatic heterocycles. The number of carbonyl (C=O) groups is 1. The Morgan fingerprint density at radius 2 is 2.13 bits per heavy atom. The molecule has 0 aliphatic heterocycles. The van der Waals surface area contributed by atoms with E-state index in [0.29, 0.717) is 23.8 Å². The van der Waals surface area contributed by atoms with Crippen LogP contribution in [0.3, 0.4) is 0 Å². The number of nitrogens with two attached hydrogens (primary N) is 1. The highest BCUT2D eigenvalue weighted by Gasteiger charge is 2.20. The quantitative estimate of drug-likeness (QED) is 0.368. The van der Waals surface area contributed by atoms with Crippen molar-refractivity contribution in [3.05, 3.63) is 70.3 Å². The van der Waals surface area contributed by atoms with Gasteiger partial charge in [-0.2, -0.15) is 0 Å². The Labute approximate surface area is 182 Å². The van der Waals surface area contributed by atoms with Crippen molar-refractivity contribution in [1.29, 1.82) is 0 Å². The Morgan fingerprint density at radius 3 is 2.87 bits per heavy atom. The molecule has 0 aromatic carbocycles. The number of anilines is 2. The first-order valence-electron chi connectivity index (χ1n) is 9.32. The van der Waals surface area contributed by atoms with Crippen LogP contribution < -0.4 is 16.4 Å². The Balaban J connectivity index is 1.54. The first-order valence-corrected chi connectivity index (χ1v) is 10.5. The molecule has 4 heterocycles. The molecule has 0 bridgehead atoms. The number of aromatic nitrogens is 2. The van der Waals surface area contributed by atoms with Crippen LogP contribution in [0.15, 0.2) is 53.4 Å². The number of carbonyl (C=O) groups excluding carboxylic acids is 1. The smallest absolute Gasteiger partial charge is 0.241 e. The van der Waals surface area contributed by atoms with Crippen LogP contribution in [0.4, 0.5) is 11.4 Å². The number of nitrogens with one attached hydrogen (secondary N) is 2. The van der Waals surface area contributed by atoms with Gasteiger partial charge in [0, 0.05) is 35.4 Å². The predicted octanol–water partition coefficient (Wildman–Crippen LogP) is 4.37. The molecule has 7 nitrogen and oxygen atoms in total. The Hall–Kier alpha value is -2.94. The lowest BCUT2D eigenvalue weighted by molar-refractivity contribution is -0.117. The number of hydrogen-bond donors (Lipinski definition) is 3. The highest BCUT2D eigenvalue weighted by atomic mass is 35.5. The minimum absolute atomic E-state index is 0.250. The summed E-state index contributed by atoms with van der Waals surface area (Å²) in [5.74, 6) is 0.569. The summed E-state index contributed by atoms with van der Waals surface area (Å²) in [4.78, 5) is 21.9.